The summed E-state index contributed by atoms with van der Waals surface area (Å²) in [7, 11) is 0. The van der Waals surface area contributed by atoms with E-state index in [1.807, 2.05) is 13.8 Å². The van der Waals surface area contributed by atoms with Gasteiger partial charge in [-0.15, -0.1) is 0 Å². The van der Waals surface area contributed by atoms with Gasteiger partial charge in [-0.05, 0) is 30.9 Å². The van der Waals surface area contributed by atoms with Gasteiger partial charge in [0.2, 0.25) is 0 Å². The van der Waals surface area contributed by atoms with Crippen molar-refractivity contribution in [2.45, 2.75) is 27.2 Å². The van der Waals surface area contributed by atoms with Crippen molar-refractivity contribution in [3.05, 3.63) is 34.9 Å². The molecule has 0 bridgehead atoms. The van der Waals surface area contributed by atoms with E-state index < -0.39 is 11.6 Å². The third-order valence-electron chi connectivity index (χ3n) is 2.03. The molecule has 72 valence electrons. The standard InChI is InChI=1S/C11H14F2/c1-7(2)6-9-4-5-10(12)8(3)11(9)13/h4-5,7H,6H2,1-3H3. The first kappa shape index (κ1) is 10.2. The van der Waals surface area contributed by atoms with Gasteiger partial charge in [-0.25, -0.2) is 8.78 Å². The summed E-state index contributed by atoms with van der Waals surface area (Å²) in [5.41, 5.74) is 0.729. The minimum absolute atomic E-state index is 0.123. The molecule has 2 heteroatoms. The second kappa shape index (κ2) is 3.86. The summed E-state index contributed by atoms with van der Waals surface area (Å²) in [5.74, 6) is -0.474. The number of halogens is 2. The second-order valence-electron chi connectivity index (χ2n) is 3.74. The molecule has 0 nitrogen and oxygen atoms in total. The van der Waals surface area contributed by atoms with Crippen LogP contribution < -0.4 is 0 Å². The molecule has 0 spiro atoms. The Morgan fingerprint density at radius 1 is 1.23 bits per heavy atom. The lowest BCUT2D eigenvalue weighted by Crippen LogP contribution is -2.00. The Hall–Kier alpha value is -0.920. The maximum Gasteiger partial charge on any atom is 0.132 e. The van der Waals surface area contributed by atoms with Crippen molar-refractivity contribution in [1.82, 2.24) is 0 Å². The van der Waals surface area contributed by atoms with Crippen LogP contribution in [0.2, 0.25) is 0 Å². The predicted molar refractivity (Wildman–Crippen MR) is 49.6 cm³/mol. The Kier molecular flexibility index (Phi) is 3.02. The van der Waals surface area contributed by atoms with Crippen molar-refractivity contribution in [2.75, 3.05) is 0 Å². The lowest BCUT2D eigenvalue weighted by molar-refractivity contribution is 0.540. The fourth-order valence-corrected chi connectivity index (χ4v) is 1.32. The molecular formula is C11H14F2. The normalized spacial score (nSPS) is 10.9. The monoisotopic (exact) mass is 184 g/mol. The summed E-state index contributed by atoms with van der Waals surface area (Å²) in [4.78, 5) is 0. The average molecular weight is 184 g/mol. The number of benzene rings is 1. The summed E-state index contributed by atoms with van der Waals surface area (Å²) in [6.45, 7) is 5.49. The minimum Gasteiger partial charge on any atom is -0.207 e. The van der Waals surface area contributed by atoms with E-state index in [1.165, 1.54) is 19.1 Å². The zero-order chi connectivity index (χ0) is 10.0. The molecular weight excluding hydrogens is 170 g/mol. The third kappa shape index (κ3) is 2.27. The molecule has 0 aliphatic heterocycles. The SMILES string of the molecule is Cc1c(F)ccc(CC(C)C)c1F. The van der Waals surface area contributed by atoms with Crippen molar-refractivity contribution in [1.29, 1.82) is 0 Å². The van der Waals surface area contributed by atoms with Crippen LogP contribution in [0.25, 0.3) is 0 Å². The lowest BCUT2D eigenvalue weighted by Gasteiger charge is -2.08. The molecule has 0 saturated heterocycles. The molecule has 0 aliphatic carbocycles. The van der Waals surface area contributed by atoms with Crippen molar-refractivity contribution < 1.29 is 8.78 Å². The Morgan fingerprint density at radius 2 is 1.85 bits per heavy atom. The van der Waals surface area contributed by atoms with E-state index in [1.54, 1.807) is 0 Å². The Morgan fingerprint density at radius 3 is 2.38 bits per heavy atom. The van der Waals surface area contributed by atoms with Crippen molar-refractivity contribution in [3.63, 3.8) is 0 Å². The van der Waals surface area contributed by atoms with Gasteiger partial charge in [0.1, 0.15) is 11.6 Å². The fourth-order valence-electron chi connectivity index (χ4n) is 1.32. The van der Waals surface area contributed by atoms with Crippen LogP contribution in [0.4, 0.5) is 8.78 Å². The van der Waals surface area contributed by atoms with Gasteiger partial charge in [-0.3, -0.25) is 0 Å². The molecule has 1 aromatic carbocycles. The van der Waals surface area contributed by atoms with Crippen LogP contribution in [0.5, 0.6) is 0 Å². The second-order valence-corrected chi connectivity index (χ2v) is 3.74. The highest BCUT2D eigenvalue weighted by Gasteiger charge is 2.10. The smallest absolute Gasteiger partial charge is 0.132 e. The first-order valence-corrected chi connectivity index (χ1v) is 4.46. The molecule has 1 aromatic rings. The minimum atomic E-state index is -0.468. The highest BCUT2D eigenvalue weighted by molar-refractivity contribution is 5.26. The third-order valence-corrected chi connectivity index (χ3v) is 2.03. The van der Waals surface area contributed by atoms with E-state index in [0.717, 1.165) is 0 Å². The van der Waals surface area contributed by atoms with Gasteiger partial charge < -0.3 is 0 Å². The summed E-state index contributed by atoms with van der Waals surface area (Å²) in [6.07, 6.45) is 0.660. The summed E-state index contributed by atoms with van der Waals surface area (Å²) < 4.78 is 26.2. The van der Waals surface area contributed by atoms with Crippen LogP contribution in [-0.4, -0.2) is 0 Å². The molecule has 1 rings (SSSR count). The number of hydrogen-bond donors (Lipinski definition) is 0. The van der Waals surface area contributed by atoms with E-state index in [4.69, 9.17) is 0 Å². The van der Waals surface area contributed by atoms with E-state index in [2.05, 4.69) is 0 Å². The molecule has 0 fully saturated rings. The van der Waals surface area contributed by atoms with Crippen LogP contribution in [0.15, 0.2) is 12.1 Å². The fraction of sp³-hybridized carbons (Fsp3) is 0.455. The van der Waals surface area contributed by atoms with Crippen LogP contribution in [0.3, 0.4) is 0 Å². The Labute approximate surface area is 77.6 Å². The largest absolute Gasteiger partial charge is 0.207 e. The quantitative estimate of drug-likeness (QED) is 0.660. The first-order chi connectivity index (χ1) is 6.02. The van der Waals surface area contributed by atoms with Gasteiger partial charge in [0, 0.05) is 5.56 Å². The summed E-state index contributed by atoms with van der Waals surface area (Å²) in [6, 6.07) is 2.85. The highest BCUT2D eigenvalue weighted by Crippen LogP contribution is 2.18. The van der Waals surface area contributed by atoms with Gasteiger partial charge >= 0.3 is 0 Å². The van der Waals surface area contributed by atoms with Crippen LogP contribution in [0, 0.1) is 24.5 Å². The van der Waals surface area contributed by atoms with Crippen LogP contribution in [0.1, 0.15) is 25.0 Å². The van der Waals surface area contributed by atoms with E-state index in [0.29, 0.717) is 17.9 Å². The molecule has 0 atom stereocenters. The summed E-state index contributed by atoms with van der Waals surface area (Å²) in [5, 5.41) is 0. The number of rotatable bonds is 2. The van der Waals surface area contributed by atoms with Gasteiger partial charge in [0.05, 0.1) is 0 Å². The molecule has 0 aliphatic rings. The highest BCUT2D eigenvalue weighted by atomic mass is 19.1. The average Bonchev–Trinajstić information content (AvgIpc) is 2.06. The van der Waals surface area contributed by atoms with Crippen molar-refractivity contribution in [2.24, 2.45) is 5.92 Å². The number of hydrogen-bond acceptors (Lipinski definition) is 0. The molecule has 0 N–H and O–H groups in total. The molecule has 0 amide bonds. The van der Waals surface area contributed by atoms with Gasteiger partial charge in [-0.1, -0.05) is 19.9 Å². The topological polar surface area (TPSA) is 0 Å². The van der Waals surface area contributed by atoms with Crippen LogP contribution in [-0.2, 0) is 6.42 Å². The van der Waals surface area contributed by atoms with Gasteiger partial charge in [-0.2, -0.15) is 0 Å². The van der Waals surface area contributed by atoms with Gasteiger partial charge in [0.15, 0.2) is 0 Å². The molecule has 0 saturated carbocycles. The predicted octanol–water partition coefficient (Wildman–Crippen LogP) is 3.47. The van der Waals surface area contributed by atoms with Crippen LogP contribution >= 0.6 is 0 Å². The van der Waals surface area contributed by atoms with E-state index in [-0.39, 0.29) is 5.56 Å². The maximum atomic E-state index is 13.4. The van der Waals surface area contributed by atoms with E-state index >= 15 is 0 Å². The maximum absolute atomic E-state index is 13.4. The van der Waals surface area contributed by atoms with Crippen molar-refractivity contribution in [3.8, 4) is 0 Å². The molecule has 0 aromatic heterocycles. The van der Waals surface area contributed by atoms with Crippen molar-refractivity contribution >= 4 is 0 Å². The lowest BCUT2D eigenvalue weighted by atomic mass is 10.0. The Balaban J connectivity index is 3.04. The Bertz CT molecular complexity index is 303. The summed E-state index contributed by atoms with van der Waals surface area (Å²) >= 11 is 0. The molecule has 0 heterocycles. The van der Waals surface area contributed by atoms with E-state index in [9.17, 15) is 8.78 Å². The zero-order valence-electron chi connectivity index (χ0n) is 8.20. The first-order valence-electron chi connectivity index (χ1n) is 4.46. The zero-order valence-corrected chi connectivity index (χ0v) is 8.20. The molecule has 0 radical (unpaired) electrons. The molecule has 0 unspecified atom stereocenters. The molecule has 13 heavy (non-hydrogen) atoms. The van der Waals surface area contributed by atoms with Gasteiger partial charge in [0.25, 0.3) is 0 Å².